The predicted octanol–water partition coefficient (Wildman–Crippen LogP) is 4.89. The molecular weight excluding hydrogens is 489 g/mol. The number of hydrogen-bond acceptors (Lipinski definition) is 6. The lowest BCUT2D eigenvalue weighted by atomic mass is 9.93. The Kier molecular flexibility index (Phi) is 8.83. The average molecular weight is 522 g/mol. The summed E-state index contributed by atoms with van der Waals surface area (Å²) in [5.74, 6) is -0.573. The Morgan fingerprint density at radius 2 is 1.94 bits per heavy atom. The SMILES string of the molecule is CC(C)(C)OC(=O)Cn1ccc(C=C2CN(C(C(=O)C3CC3)c3ccccc3F)CCC2S)n1.Cl. The Morgan fingerprint density at radius 1 is 1.23 bits per heavy atom. The first-order valence-corrected chi connectivity index (χ1v) is 12.3. The van der Waals surface area contributed by atoms with E-state index in [-0.39, 0.29) is 47.7 Å². The Bertz CT molecular complexity index is 1090. The minimum absolute atomic E-state index is 0. The van der Waals surface area contributed by atoms with Crippen LogP contribution in [0.3, 0.4) is 0 Å². The topological polar surface area (TPSA) is 64.4 Å². The molecule has 1 saturated heterocycles. The molecule has 0 N–H and O–H groups in total. The van der Waals surface area contributed by atoms with Crippen LogP contribution >= 0.6 is 25.0 Å². The van der Waals surface area contributed by atoms with Crippen LogP contribution in [-0.2, 0) is 20.9 Å². The summed E-state index contributed by atoms with van der Waals surface area (Å²) in [6.07, 6.45) is 6.20. The summed E-state index contributed by atoms with van der Waals surface area (Å²) in [5, 5.41) is 4.50. The molecule has 2 atom stereocenters. The van der Waals surface area contributed by atoms with Gasteiger partial charge in [0.15, 0.2) is 5.78 Å². The Hall–Kier alpha value is -2.16. The lowest BCUT2D eigenvalue weighted by molar-refractivity contribution is -0.155. The molecule has 1 aromatic heterocycles. The molecule has 35 heavy (non-hydrogen) atoms. The smallest absolute Gasteiger partial charge is 0.328 e. The molecule has 0 spiro atoms. The van der Waals surface area contributed by atoms with Crippen molar-refractivity contribution in [3.05, 3.63) is 59.2 Å². The van der Waals surface area contributed by atoms with Crippen molar-refractivity contribution in [1.29, 1.82) is 0 Å². The number of Topliss-reactive ketones (excluding diaryl/α,β-unsaturated/α-hetero) is 1. The second kappa shape index (κ2) is 11.3. The molecule has 1 aromatic carbocycles. The molecule has 1 aliphatic carbocycles. The van der Waals surface area contributed by atoms with Crippen molar-refractivity contribution in [2.75, 3.05) is 13.1 Å². The fourth-order valence-electron chi connectivity index (χ4n) is 4.31. The second-order valence-electron chi connectivity index (χ2n) is 10.1. The number of halogens is 2. The molecule has 2 fully saturated rings. The number of nitrogens with zero attached hydrogens (tertiary/aromatic N) is 3. The molecular formula is C26H33ClFN3O3S. The molecule has 2 aliphatic rings. The van der Waals surface area contributed by atoms with Gasteiger partial charge in [0.05, 0.1) is 11.7 Å². The first-order valence-electron chi connectivity index (χ1n) is 11.8. The minimum atomic E-state index is -0.595. The normalized spacial score (nSPS) is 20.8. The van der Waals surface area contributed by atoms with E-state index in [1.807, 2.05) is 32.9 Å². The highest BCUT2D eigenvalue weighted by atomic mass is 35.5. The van der Waals surface area contributed by atoms with E-state index in [0.717, 1.165) is 24.8 Å². The van der Waals surface area contributed by atoms with E-state index in [9.17, 15) is 14.0 Å². The van der Waals surface area contributed by atoms with Gasteiger partial charge in [-0.05, 0) is 63.8 Å². The molecule has 190 valence electrons. The van der Waals surface area contributed by atoms with Gasteiger partial charge in [-0.3, -0.25) is 19.2 Å². The Balaban J connectivity index is 0.00000342. The van der Waals surface area contributed by atoms with Crippen molar-refractivity contribution in [3.8, 4) is 0 Å². The molecule has 9 heteroatoms. The maximum Gasteiger partial charge on any atom is 0.328 e. The number of aromatic nitrogens is 2. The standard InChI is InChI=1S/C26H32FN3O3S.ClH/c1-26(2,3)33-23(31)16-30-13-10-19(28-30)14-18-15-29(12-11-22(18)34)24(25(32)17-8-9-17)20-6-4-5-7-21(20)27;/h4-7,10,13-14,17,22,24,34H,8-9,11-12,15-16H2,1-3H3;1H. The van der Waals surface area contributed by atoms with Gasteiger partial charge in [0.25, 0.3) is 0 Å². The van der Waals surface area contributed by atoms with Gasteiger partial charge in [0.2, 0.25) is 0 Å². The number of piperidine rings is 1. The number of carbonyl (C=O) groups is 2. The number of ether oxygens (including phenoxy) is 1. The molecule has 4 rings (SSSR count). The number of hydrogen-bond donors (Lipinski definition) is 1. The molecule has 0 bridgehead atoms. The lowest BCUT2D eigenvalue weighted by Crippen LogP contribution is -2.42. The fourth-order valence-corrected chi connectivity index (χ4v) is 4.58. The molecule has 2 unspecified atom stereocenters. The third kappa shape index (κ3) is 7.18. The van der Waals surface area contributed by atoms with Crippen LogP contribution in [0.15, 0.2) is 42.1 Å². The summed E-state index contributed by atoms with van der Waals surface area (Å²) < 4.78 is 21.6. The summed E-state index contributed by atoms with van der Waals surface area (Å²) in [6, 6.07) is 7.81. The number of benzene rings is 1. The van der Waals surface area contributed by atoms with E-state index < -0.39 is 11.6 Å². The zero-order chi connectivity index (χ0) is 24.5. The second-order valence-corrected chi connectivity index (χ2v) is 10.7. The third-order valence-electron chi connectivity index (χ3n) is 6.02. The van der Waals surface area contributed by atoms with Gasteiger partial charge in [0, 0.05) is 36.0 Å². The zero-order valence-electron chi connectivity index (χ0n) is 20.3. The highest BCUT2D eigenvalue weighted by Gasteiger charge is 2.40. The van der Waals surface area contributed by atoms with E-state index in [1.54, 1.807) is 29.1 Å². The van der Waals surface area contributed by atoms with Crippen LogP contribution in [0.1, 0.15) is 57.3 Å². The van der Waals surface area contributed by atoms with Crippen molar-refractivity contribution < 1.29 is 18.7 Å². The van der Waals surface area contributed by atoms with E-state index in [2.05, 4.69) is 10.00 Å². The summed E-state index contributed by atoms with van der Waals surface area (Å²) in [4.78, 5) is 27.4. The van der Waals surface area contributed by atoms with Crippen LogP contribution in [0, 0.1) is 11.7 Å². The number of esters is 1. The van der Waals surface area contributed by atoms with Crippen molar-refractivity contribution >= 4 is 42.9 Å². The van der Waals surface area contributed by atoms with E-state index in [0.29, 0.717) is 24.3 Å². The third-order valence-corrected chi connectivity index (χ3v) is 6.61. The first-order chi connectivity index (χ1) is 16.1. The van der Waals surface area contributed by atoms with Crippen molar-refractivity contribution in [3.63, 3.8) is 0 Å². The zero-order valence-corrected chi connectivity index (χ0v) is 22.0. The lowest BCUT2D eigenvalue weighted by Gasteiger charge is -2.37. The van der Waals surface area contributed by atoms with Gasteiger partial charge in [0.1, 0.15) is 18.0 Å². The van der Waals surface area contributed by atoms with Crippen molar-refractivity contribution in [2.24, 2.45) is 5.92 Å². The fraction of sp³-hybridized carbons (Fsp3) is 0.500. The molecule has 2 aromatic rings. The number of carbonyl (C=O) groups excluding carboxylic acids is 2. The van der Waals surface area contributed by atoms with E-state index >= 15 is 0 Å². The van der Waals surface area contributed by atoms with Gasteiger partial charge in [-0.1, -0.05) is 18.2 Å². The van der Waals surface area contributed by atoms with Crippen LogP contribution < -0.4 is 0 Å². The maximum atomic E-state index is 14.7. The van der Waals surface area contributed by atoms with E-state index in [1.165, 1.54) is 6.07 Å². The van der Waals surface area contributed by atoms with Crippen LogP contribution in [-0.4, -0.2) is 50.4 Å². The Morgan fingerprint density at radius 3 is 2.60 bits per heavy atom. The van der Waals surface area contributed by atoms with E-state index in [4.69, 9.17) is 17.4 Å². The van der Waals surface area contributed by atoms with Gasteiger partial charge in [-0.2, -0.15) is 17.7 Å². The molecule has 0 radical (unpaired) electrons. The molecule has 2 heterocycles. The highest BCUT2D eigenvalue weighted by molar-refractivity contribution is 7.81. The Labute approximate surface area is 217 Å². The van der Waals surface area contributed by atoms with Gasteiger partial charge in [-0.25, -0.2) is 4.39 Å². The van der Waals surface area contributed by atoms with Gasteiger partial charge in [-0.15, -0.1) is 12.4 Å². The van der Waals surface area contributed by atoms with Crippen LogP contribution in [0.25, 0.3) is 6.08 Å². The van der Waals surface area contributed by atoms with Gasteiger partial charge < -0.3 is 4.74 Å². The first kappa shape index (κ1) is 27.4. The number of rotatable bonds is 7. The predicted molar refractivity (Wildman–Crippen MR) is 139 cm³/mol. The van der Waals surface area contributed by atoms with Crippen LogP contribution in [0.4, 0.5) is 4.39 Å². The summed E-state index contributed by atoms with van der Waals surface area (Å²) in [7, 11) is 0. The van der Waals surface area contributed by atoms with Gasteiger partial charge >= 0.3 is 5.97 Å². The van der Waals surface area contributed by atoms with Crippen LogP contribution in [0.2, 0.25) is 0 Å². The summed E-state index contributed by atoms with van der Waals surface area (Å²) >= 11 is 4.75. The number of likely N-dealkylation sites (tertiary alicyclic amines) is 1. The average Bonchev–Trinajstić information content (AvgIpc) is 3.51. The molecule has 6 nitrogen and oxygen atoms in total. The number of ketones is 1. The number of thiol groups is 1. The summed E-state index contributed by atoms with van der Waals surface area (Å²) in [5.41, 5.74) is 1.61. The quantitative estimate of drug-likeness (QED) is 0.415. The largest absolute Gasteiger partial charge is 0.459 e. The minimum Gasteiger partial charge on any atom is -0.459 e. The van der Waals surface area contributed by atoms with Crippen molar-refractivity contribution in [1.82, 2.24) is 14.7 Å². The highest BCUT2D eigenvalue weighted by Crippen LogP contribution is 2.39. The molecule has 1 saturated carbocycles. The van der Waals surface area contributed by atoms with Crippen LogP contribution in [0.5, 0.6) is 0 Å². The molecule has 1 aliphatic heterocycles. The monoisotopic (exact) mass is 521 g/mol. The maximum absolute atomic E-state index is 14.7. The summed E-state index contributed by atoms with van der Waals surface area (Å²) in [6.45, 7) is 6.68. The molecule has 0 amide bonds. The van der Waals surface area contributed by atoms with Crippen molar-refractivity contribution in [2.45, 2.75) is 63.5 Å².